The molecule has 1 aliphatic rings. The second-order valence-electron chi connectivity index (χ2n) is 5.50. The SMILES string of the molecule is CNC1CC(C)CC(C)C1SC(C)C(C)O. The van der Waals surface area contributed by atoms with E-state index in [9.17, 15) is 5.11 Å². The van der Waals surface area contributed by atoms with Crippen LogP contribution in [0.4, 0.5) is 0 Å². The van der Waals surface area contributed by atoms with E-state index in [4.69, 9.17) is 0 Å². The van der Waals surface area contributed by atoms with Crippen LogP contribution in [0.25, 0.3) is 0 Å². The molecule has 96 valence electrons. The van der Waals surface area contributed by atoms with Gasteiger partial charge in [-0.15, -0.1) is 0 Å². The minimum atomic E-state index is -0.214. The van der Waals surface area contributed by atoms with Crippen LogP contribution < -0.4 is 5.32 Å². The van der Waals surface area contributed by atoms with Crippen molar-refractivity contribution in [1.82, 2.24) is 5.32 Å². The molecule has 16 heavy (non-hydrogen) atoms. The van der Waals surface area contributed by atoms with Crippen molar-refractivity contribution in [3.63, 3.8) is 0 Å². The molecule has 0 aliphatic heterocycles. The summed E-state index contributed by atoms with van der Waals surface area (Å²) in [6, 6.07) is 0.602. The van der Waals surface area contributed by atoms with E-state index < -0.39 is 0 Å². The summed E-state index contributed by atoms with van der Waals surface area (Å²) in [4.78, 5) is 0. The number of hydrogen-bond donors (Lipinski definition) is 2. The molecule has 2 N–H and O–H groups in total. The Labute approximate surface area is 105 Å². The molecule has 2 nitrogen and oxygen atoms in total. The lowest BCUT2D eigenvalue weighted by Gasteiger charge is -2.40. The van der Waals surface area contributed by atoms with E-state index in [-0.39, 0.29) is 6.10 Å². The van der Waals surface area contributed by atoms with Gasteiger partial charge in [0.25, 0.3) is 0 Å². The fourth-order valence-corrected chi connectivity index (χ4v) is 4.24. The van der Waals surface area contributed by atoms with Crippen molar-refractivity contribution in [2.24, 2.45) is 11.8 Å². The molecule has 1 fully saturated rings. The van der Waals surface area contributed by atoms with E-state index in [0.717, 1.165) is 11.8 Å². The van der Waals surface area contributed by atoms with E-state index in [2.05, 4.69) is 33.1 Å². The van der Waals surface area contributed by atoms with Crippen molar-refractivity contribution in [2.75, 3.05) is 7.05 Å². The van der Waals surface area contributed by atoms with Crippen molar-refractivity contribution in [1.29, 1.82) is 0 Å². The van der Waals surface area contributed by atoms with Gasteiger partial charge in [0.05, 0.1) is 6.10 Å². The summed E-state index contributed by atoms with van der Waals surface area (Å²) in [5.41, 5.74) is 0. The van der Waals surface area contributed by atoms with Crippen LogP contribution in [0.3, 0.4) is 0 Å². The van der Waals surface area contributed by atoms with Crippen LogP contribution in [-0.4, -0.2) is 34.8 Å². The van der Waals surface area contributed by atoms with Crippen LogP contribution in [0.1, 0.15) is 40.5 Å². The van der Waals surface area contributed by atoms with Gasteiger partial charge in [-0.25, -0.2) is 0 Å². The number of nitrogens with one attached hydrogen (secondary N) is 1. The van der Waals surface area contributed by atoms with E-state index in [0.29, 0.717) is 16.5 Å². The topological polar surface area (TPSA) is 32.3 Å². The van der Waals surface area contributed by atoms with E-state index in [1.165, 1.54) is 12.8 Å². The third-order valence-electron chi connectivity index (χ3n) is 3.81. The predicted molar refractivity (Wildman–Crippen MR) is 72.9 cm³/mol. The monoisotopic (exact) mass is 245 g/mol. The van der Waals surface area contributed by atoms with Crippen molar-refractivity contribution in [2.45, 2.75) is 63.2 Å². The molecule has 3 heteroatoms. The minimum Gasteiger partial charge on any atom is -0.392 e. The first kappa shape index (κ1) is 14.3. The molecule has 0 aromatic carbocycles. The molecule has 0 bridgehead atoms. The van der Waals surface area contributed by atoms with E-state index in [1.54, 1.807) is 0 Å². The fourth-order valence-electron chi connectivity index (χ4n) is 2.70. The molecule has 0 spiro atoms. The molecule has 6 unspecified atom stereocenters. The van der Waals surface area contributed by atoms with Gasteiger partial charge in [0, 0.05) is 16.5 Å². The Balaban J connectivity index is 2.60. The van der Waals surface area contributed by atoms with Gasteiger partial charge >= 0.3 is 0 Å². The summed E-state index contributed by atoms with van der Waals surface area (Å²) >= 11 is 1.96. The van der Waals surface area contributed by atoms with Crippen LogP contribution in [0.5, 0.6) is 0 Å². The molecule has 0 aromatic rings. The summed E-state index contributed by atoms with van der Waals surface area (Å²) in [6.07, 6.45) is 2.38. The zero-order chi connectivity index (χ0) is 12.3. The second kappa shape index (κ2) is 6.27. The van der Waals surface area contributed by atoms with Crippen LogP contribution in [-0.2, 0) is 0 Å². The van der Waals surface area contributed by atoms with Gasteiger partial charge in [-0.2, -0.15) is 11.8 Å². The molecule has 1 rings (SSSR count). The fraction of sp³-hybridized carbons (Fsp3) is 1.00. The smallest absolute Gasteiger partial charge is 0.0628 e. The standard InChI is InChI=1S/C13H27NOS/c1-8-6-9(2)13(12(7-8)14-5)16-11(4)10(3)15/h8-15H,6-7H2,1-5H3. The first-order valence-corrected chi connectivity index (χ1v) is 7.40. The van der Waals surface area contributed by atoms with Crippen LogP contribution >= 0.6 is 11.8 Å². The highest BCUT2D eigenvalue weighted by molar-refractivity contribution is 8.00. The normalized spacial score (nSPS) is 39.4. The van der Waals surface area contributed by atoms with E-state index in [1.807, 2.05) is 18.7 Å². The molecule has 1 saturated carbocycles. The highest BCUT2D eigenvalue weighted by Crippen LogP contribution is 2.38. The third kappa shape index (κ3) is 3.64. The Hall–Kier alpha value is 0.270. The maximum Gasteiger partial charge on any atom is 0.0628 e. The lowest BCUT2D eigenvalue weighted by Crippen LogP contribution is -2.46. The molecular weight excluding hydrogens is 218 g/mol. The number of thioether (sulfide) groups is 1. The summed E-state index contributed by atoms with van der Waals surface area (Å²) in [6.45, 7) is 8.72. The lowest BCUT2D eigenvalue weighted by molar-refractivity contribution is 0.194. The highest BCUT2D eigenvalue weighted by atomic mass is 32.2. The Morgan fingerprint density at radius 1 is 1.25 bits per heavy atom. The molecule has 0 radical (unpaired) electrons. The average Bonchev–Trinajstić information content (AvgIpc) is 2.21. The summed E-state index contributed by atoms with van der Waals surface area (Å²) in [5, 5.41) is 14.0. The predicted octanol–water partition coefficient (Wildman–Crippen LogP) is 2.51. The van der Waals surface area contributed by atoms with Crippen molar-refractivity contribution < 1.29 is 5.11 Å². The second-order valence-corrected chi connectivity index (χ2v) is 7.06. The maximum absolute atomic E-state index is 9.61. The van der Waals surface area contributed by atoms with Crippen LogP contribution in [0.2, 0.25) is 0 Å². The molecule has 6 atom stereocenters. The maximum atomic E-state index is 9.61. The first-order chi connectivity index (χ1) is 7.45. The van der Waals surface area contributed by atoms with Gasteiger partial charge in [-0.1, -0.05) is 20.8 Å². The number of rotatable bonds is 4. The quantitative estimate of drug-likeness (QED) is 0.798. The molecule has 0 amide bonds. The molecule has 0 heterocycles. The lowest BCUT2D eigenvalue weighted by atomic mass is 9.80. The third-order valence-corrected chi connectivity index (χ3v) is 5.74. The largest absolute Gasteiger partial charge is 0.392 e. The van der Waals surface area contributed by atoms with Gasteiger partial charge in [-0.05, 0) is 38.6 Å². The summed E-state index contributed by atoms with van der Waals surface area (Å²) in [7, 11) is 2.07. The van der Waals surface area contributed by atoms with Crippen LogP contribution in [0.15, 0.2) is 0 Å². The minimum absolute atomic E-state index is 0.214. The van der Waals surface area contributed by atoms with Crippen molar-refractivity contribution in [3.8, 4) is 0 Å². The molecule has 0 saturated heterocycles. The van der Waals surface area contributed by atoms with Gasteiger partial charge in [0.1, 0.15) is 0 Å². The Morgan fingerprint density at radius 2 is 1.88 bits per heavy atom. The zero-order valence-corrected chi connectivity index (χ0v) is 12.1. The van der Waals surface area contributed by atoms with E-state index >= 15 is 0 Å². The van der Waals surface area contributed by atoms with Crippen LogP contribution in [0, 0.1) is 11.8 Å². The summed E-state index contributed by atoms with van der Waals surface area (Å²) in [5.74, 6) is 1.57. The Bertz CT molecular complexity index is 210. The Morgan fingerprint density at radius 3 is 2.38 bits per heavy atom. The van der Waals surface area contributed by atoms with Gasteiger partial charge < -0.3 is 10.4 Å². The van der Waals surface area contributed by atoms with Gasteiger partial charge in [0.2, 0.25) is 0 Å². The number of hydrogen-bond acceptors (Lipinski definition) is 3. The van der Waals surface area contributed by atoms with Gasteiger partial charge in [-0.3, -0.25) is 0 Å². The van der Waals surface area contributed by atoms with Gasteiger partial charge in [0.15, 0.2) is 0 Å². The molecular formula is C13H27NOS. The average molecular weight is 245 g/mol. The highest BCUT2D eigenvalue weighted by Gasteiger charge is 2.34. The number of aliphatic hydroxyl groups excluding tert-OH is 1. The number of aliphatic hydroxyl groups is 1. The first-order valence-electron chi connectivity index (χ1n) is 6.46. The zero-order valence-electron chi connectivity index (χ0n) is 11.2. The van der Waals surface area contributed by atoms with Crippen molar-refractivity contribution >= 4 is 11.8 Å². The molecule has 0 aromatic heterocycles. The Kier molecular flexibility index (Phi) is 5.62. The molecule has 1 aliphatic carbocycles. The van der Waals surface area contributed by atoms with Crippen molar-refractivity contribution in [3.05, 3.63) is 0 Å². The summed E-state index contributed by atoms with van der Waals surface area (Å²) < 4.78 is 0.